The van der Waals surface area contributed by atoms with Gasteiger partial charge in [-0.1, -0.05) is 37.3 Å². The predicted molar refractivity (Wildman–Crippen MR) is 90.2 cm³/mol. The molecule has 0 saturated carbocycles. The maximum Gasteiger partial charge on any atom is 0.249 e. The Morgan fingerprint density at radius 1 is 1.30 bits per heavy atom. The van der Waals surface area contributed by atoms with E-state index in [-0.39, 0.29) is 31.0 Å². The maximum absolute atomic E-state index is 12.8. The molecule has 2 fully saturated rings. The molecule has 1 aromatic carbocycles. The summed E-state index contributed by atoms with van der Waals surface area (Å²) >= 11 is 1.89. The van der Waals surface area contributed by atoms with Gasteiger partial charge in [0.1, 0.15) is 6.61 Å². The molecule has 3 rings (SSSR count). The Labute approximate surface area is 141 Å². The summed E-state index contributed by atoms with van der Waals surface area (Å²) in [4.78, 5) is 28.2. The van der Waals surface area contributed by atoms with Crippen LogP contribution in [0.4, 0.5) is 0 Å². The molecule has 1 aromatic rings. The van der Waals surface area contributed by atoms with Crippen LogP contribution in [-0.2, 0) is 14.3 Å². The lowest BCUT2D eigenvalue weighted by molar-refractivity contribution is -0.149. The summed E-state index contributed by atoms with van der Waals surface area (Å²) in [5.41, 5.74) is 1.16. The lowest BCUT2D eigenvalue weighted by Gasteiger charge is -2.41. The van der Waals surface area contributed by atoms with E-state index in [4.69, 9.17) is 4.74 Å². The van der Waals surface area contributed by atoms with Gasteiger partial charge in [0.25, 0.3) is 0 Å². The van der Waals surface area contributed by atoms with Crippen LogP contribution in [0.3, 0.4) is 0 Å². The number of hydrogen-bond acceptors (Lipinski definition) is 4. The quantitative estimate of drug-likeness (QED) is 0.842. The zero-order valence-electron chi connectivity index (χ0n) is 13.3. The highest BCUT2D eigenvalue weighted by Gasteiger charge is 2.34. The van der Waals surface area contributed by atoms with Crippen molar-refractivity contribution >= 4 is 23.6 Å². The molecule has 0 radical (unpaired) electrons. The van der Waals surface area contributed by atoms with E-state index in [9.17, 15) is 9.59 Å². The lowest BCUT2D eigenvalue weighted by Crippen LogP contribution is -2.51. The molecule has 2 heterocycles. The van der Waals surface area contributed by atoms with Crippen molar-refractivity contribution in [3.63, 3.8) is 0 Å². The van der Waals surface area contributed by atoms with Crippen LogP contribution in [0, 0.1) is 0 Å². The van der Waals surface area contributed by atoms with E-state index in [0.29, 0.717) is 18.4 Å². The normalized spacial score (nSPS) is 25.5. The highest BCUT2D eigenvalue weighted by atomic mass is 32.2. The molecule has 6 heteroatoms. The summed E-state index contributed by atoms with van der Waals surface area (Å²) in [6.07, 6.45) is 0. The van der Waals surface area contributed by atoms with E-state index in [1.165, 1.54) is 0 Å². The van der Waals surface area contributed by atoms with Gasteiger partial charge in [0, 0.05) is 24.1 Å². The van der Waals surface area contributed by atoms with Crippen molar-refractivity contribution in [3.8, 4) is 0 Å². The van der Waals surface area contributed by atoms with Crippen LogP contribution in [0.25, 0.3) is 0 Å². The third-order valence-electron chi connectivity index (χ3n) is 4.36. The number of benzene rings is 1. The zero-order chi connectivity index (χ0) is 16.2. The number of rotatable bonds is 3. The number of amides is 2. The molecule has 0 aliphatic carbocycles. The maximum atomic E-state index is 12.8. The number of nitrogens with zero attached hydrogens (tertiary/aromatic N) is 2. The second-order valence-electron chi connectivity index (χ2n) is 5.89. The van der Waals surface area contributed by atoms with Crippen LogP contribution in [0.5, 0.6) is 0 Å². The number of hydrogen-bond donors (Lipinski definition) is 0. The van der Waals surface area contributed by atoms with E-state index < -0.39 is 0 Å². The van der Waals surface area contributed by atoms with Crippen molar-refractivity contribution in [3.05, 3.63) is 35.9 Å². The molecule has 5 nitrogen and oxygen atoms in total. The number of ether oxygens (including phenoxy) is 1. The molecule has 0 bridgehead atoms. The minimum atomic E-state index is -0.0969. The number of carbonyl (C=O) groups is 2. The fourth-order valence-electron chi connectivity index (χ4n) is 3.17. The fraction of sp³-hybridized carbons (Fsp3) is 0.529. The first-order valence-electron chi connectivity index (χ1n) is 7.98. The van der Waals surface area contributed by atoms with Gasteiger partial charge < -0.3 is 14.5 Å². The third-order valence-corrected chi connectivity index (χ3v) is 5.57. The Morgan fingerprint density at radius 2 is 2.09 bits per heavy atom. The molecular weight excluding hydrogens is 312 g/mol. The van der Waals surface area contributed by atoms with E-state index >= 15 is 0 Å². The molecule has 2 atom stereocenters. The smallest absolute Gasteiger partial charge is 0.249 e. The van der Waals surface area contributed by atoms with Crippen molar-refractivity contribution in [2.45, 2.75) is 18.2 Å². The number of morpholine rings is 1. The van der Waals surface area contributed by atoms with Crippen molar-refractivity contribution in [2.24, 2.45) is 0 Å². The first kappa shape index (κ1) is 16.3. The summed E-state index contributed by atoms with van der Waals surface area (Å²) in [7, 11) is 0. The van der Waals surface area contributed by atoms with Gasteiger partial charge in [-0.05, 0) is 5.56 Å². The standard InChI is InChI=1S/C17H22N2O3S/c1-13-17(14-5-3-2-4-6-14)19(8-10-23-13)15(20)11-18-7-9-22-12-16(18)21/h2-6,13,17H,7-12H2,1H3/t13-,17-/m1/s1. The van der Waals surface area contributed by atoms with Gasteiger partial charge in [-0.2, -0.15) is 11.8 Å². The van der Waals surface area contributed by atoms with E-state index in [1.807, 2.05) is 34.9 Å². The van der Waals surface area contributed by atoms with Crippen LogP contribution in [0.15, 0.2) is 30.3 Å². The van der Waals surface area contributed by atoms with Crippen molar-refractivity contribution in [1.82, 2.24) is 9.80 Å². The van der Waals surface area contributed by atoms with Crippen LogP contribution in [0.1, 0.15) is 18.5 Å². The topological polar surface area (TPSA) is 49.9 Å². The Bertz CT molecular complexity index is 566. The van der Waals surface area contributed by atoms with Crippen molar-refractivity contribution in [2.75, 3.05) is 38.6 Å². The molecule has 2 amide bonds. The monoisotopic (exact) mass is 334 g/mol. The second kappa shape index (κ2) is 7.36. The SMILES string of the molecule is C[C@H]1SCCN(C(=O)CN2CCOCC2=O)[C@H]1c1ccccc1. The largest absolute Gasteiger partial charge is 0.370 e. The molecule has 0 spiro atoms. The second-order valence-corrected chi connectivity index (χ2v) is 7.37. The first-order chi connectivity index (χ1) is 11.2. The predicted octanol–water partition coefficient (Wildman–Crippen LogP) is 1.55. The van der Waals surface area contributed by atoms with Crippen molar-refractivity contribution in [1.29, 1.82) is 0 Å². The minimum absolute atomic E-state index is 0.0289. The van der Waals surface area contributed by atoms with Gasteiger partial charge >= 0.3 is 0 Å². The molecule has 0 N–H and O–H groups in total. The van der Waals surface area contributed by atoms with Crippen LogP contribution in [-0.4, -0.2) is 65.5 Å². The fourth-order valence-corrected chi connectivity index (χ4v) is 4.33. The molecule has 23 heavy (non-hydrogen) atoms. The molecule has 0 unspecified atom stereocenters. The van der Waals surface area contributed by atoms with Gasteiger partial charge in [-0.15, -0.1) is 0 Å². The number of carbonyl (C=O) groups excluding carboxylic acids is 2. The Kier molecular flexibility index (Phi) is 5.23. The van der Waals surface area contributed by atoms with Gasteiger partial charge in [0.05, 0.1) is 19.2 Å². The number of thioether (sulfide) groups is 1. The van der Waals surface area contributed by atoms with E-state index in [1.54, 1.807) is 4.90 Å². The van der Waals surface area contributed by atoms with Crippen molar-refractivity contribution < 1.29 is 14.3 Å². The Balaban J connectivity index is 1.75. The highest BCUT2D eigenvalue weighted by molar-refractivity contribution is 8.00. The molecule has 2 saturated heterocycles. The Morgan fingerprint density at radius 3 is 2.83 bits per heavy atom. The van der Waals surface area contributed by atoms with Crippen LogP contribution in [0.2, 0.25) is 0 Å². The molecule has 124 valence electrons. The van der Waals surface area contributed by atoms with E-state index in [0.717, 1.165) is 17.9 Å². The summed E-state index contributed by atoms with van der Waals surface area (Å²) in [5.74, 6) is 0.870. The zero-order valence-corrected chi connectivity index (χ0v) is 14.1. The Hall–Kier alpha value is -1.53. The van der Waals surface area contributed by atoms with Gasteiger partial charge in [-0.3, -0.25) is 9.59 Å². The van der Waals surface area contributed by atoms with Gasteiger partial charge in [-0.25, -0.2) is 0 Å². The summed E-state index contributed by atoms with van der Waals surface area (Å²) in [6, 6.07) is 10.2. The average molecular weight is 334 g/mol. The van der Waals surface area contributed by atoms with Gasteiger partial charge in [0.2, 0.25) is 11.8 Å². The van der Waals surface area contributed by atoms with Crippen LogP contribution >= 0.6 is 11.8 Å². The molecular formula is C17H22N2O3S. The summed E-state index contributed by atoms with van der Waals surface area (Å²) in [6.45, 7) is 4.14. The molecule has 0 aromatic heterocycles. The first-order valence-corrected chi connectivity index (χ1v) is 9.03. The summed E-state index contributed by atoms with van der Waals surface area (Å²) in [5, 5.41) is 0.343. The molecule has 2 aliphatic heterocycles. The lowest BCUT2D eigenvalue weighted by atomic mass is 10.0. The average Bonchev–Trinajstić information content (AvgIpc) is 2.57. The van der Waals surface area contributed by atoms with Crippen LogP contribution < -0.4 is 0 Å². The minimum Gasteiger partial charge on any atom is -0.370 e. The third kappa shape index (κ3) is 3.70. The summed E-state index contributed by atoms with van der Waals surface area (Å²) < 4.78 is 5.13. The highest BCUT2D eigenvalue weighted by Crippen LogP contribution is 2.36. The van der Waals surface area contributed by atoms with Gasteiger partial charge in [0.15, 0.2) is 0 Å². The van der Waals surface area contributed by atoms with E-state index in [2.05, 4.69) is 19.1 Å². The molecule has 2 aliphatic rings.